The van der Waals surface area contributed by atoms with Gasteiger partial charge in [-0.1, -0.05) is 72.4 Å². The summed E-state index contributed by atoms with van der Waals surface area (Å²) in [5, 5.41) is 1.11. The number of nitrogens with one attached hydrogen (secondary N) is 1. The molecule has 1 aliphatic rings. The molecular weight excluding hydrogens is 428 g/mol. The van der Waals surface area contributed by atoms with Crippen molar-refractivity contribution in [3.63, 3.8) is 0 Å². The Morgan fingerprint density at radius 3 is 2.45 bits per heavy atom. The van der Waals surface area contributed by atoms with E-state index in [9.17, 15) is 9.59 Å². The molecule has 0 radical (unpaired) electrons. The Labute approximate surface area is 189 Å². The average Bonchev–Trinajstić information content (AvgIpc) is 3.06. The minimum Gasteiger partial charge on any atom is -0.489 e. The zero-order chi connectivity index (χ0) is 21.6. The minimum absolute atomic E-state index is 0.275. The minimum atomic E-state index is -0.394. The average molecular weight is 447 g/mol. The number of hydrogen-bond donors (Lipinski definition) is 1. The van der Waals surface area contributed by atoms with Crippen LogP contribution in [0.4, 0.5) is 0 Å². The number of ether oxygens (including phenoxy) is 1. The number of nitrogens with zero attached hydrogens (tertiary/aromatic N) is 1. The number of thioether (sulfide) groups is 1. The van der Waals surface area contributed by atoms with Crippen LogP contribution in [-0.2, 0) is 11.4 Å². The summed E-state index contributed by atoms with van der Waals surface area (Å²) in [4.78, 5) is 25.6. The second-order valence-electron chi connectivity index (χ2n) is 6.67. The maximum atomic E-state index is 12.8. The van der Waals surface area contributed by atoms with Gasteiger partial charge in [-0.15, -0.1) is 0 Å². The number of hydrazine groups is 1. The van der Waals surface area contributed by atoms with Crippen molar-refractivity contribution < 1.29 is 14.3 Å². The number of thiocarbonyl (C=S) groups is 1. The Bertz CT molecular complexity index is 1150. The smallest absolute Gasteiger partial charge is 0.285 e. The number of benzene rings is 3. The molecule has 3 aromatic carbocycles. The van der Waals surface area contributed by atoms with Crippen LogP contribution in [-0.4, -0.2) is 21.1 Å². The molecule has 31 heavy (non-hydrogen) atoms. The van der Waals surface area contributed by atoms with Crippen molar-refractivity contribution in [3.8, 4) is 5.75 Å². The quantitative estimate of drug-likeness (QED) is 0.435. The van der Waals surface area contributed by atoms with Crippen LogP contribution in [0.3, 0.4) is 0 Å². The van der Waals surface area contributed by atoms with E-state index in [2.05, 4.69) is 5.43 Å². The topological polar surface area (TPSA) is 58.6 Å². The van der Waals surface area contributed by atoms with Gasteiger partial charge < -0.3 is 4.74 Å². The van der Waals surface area contributed by atoms with Crippen molar-refractivity contribution in [2.75, 3.05) is 0 Å². The molecule has 7 heteroatoms. The van der Waals surface area contributed by atoms with Crippen molar-refractivity contribution in [2.45, 2.75) is 6.61 Å². The SMILES string of the molecule is O=C(NN1C(=O)/C(=C\c2cccc(OCc3ccccc3)c2)SC1=S)c1ccccc1. The van der Waals surface area contributed by atoms with E-state index in [1.807, 2.05) is 60.7 Å². The fourth-order valence-corrected chi connectivity index (χ4v) is 4.09. The van der Waals surface area contributed by atoms with E-state index in [-0.39, 0.29) is 10.2 Å². The summed E-state index contributed by atoms with van der Waals surface area (Å²) in [7, 11) is 0. The third kappa shape index (κ3) is 5.20. The third-order valence-corrected chi connectivity index (χ3v) is 5.75. The van der Waals surface area contributed by atoms with Gasteiger partial charge in [0.25, 0.3) is 11.8 Å². The number of rotatable bonds is 6. The van der Waals surface area contributed by atoms with Gasteiger partial charge in [0.2, 0.25) is 0 Å². The lowest BCUT2D eigenvalue weighted by Crippen LogP contribution is -2.44. The van der Waals surface area contributed by atoms with Crippen LogP contribution in [0.25, 0.3) is 6.08 Å². The lowest BCUT2D eigenvalue weighted by molar-refractivity contribution is -0.123. The zero-order valence-corrected chi connectivity index (χ0v) is 18.0. The molecule has 0 aromatic heterocycles. The third-order valence-electron chi connectivity index (χ3n) is 4.45. The predicted octanol–water partition coefficient (Wildman–Crippen LogP) is 4.81. The molecule has 5 nitrogen and oxygen atoms in total. The Morgan fingerprint density at radius 2 is 1.71 bits per heavy atom. The molecular formula is C24H18N2O3S2. The number of hydrogen-bond acceptors (Lipinski definition) is 5. The van der Waals surface area contributed by atoms with Crippen LogP contribution < -0.4 is 10.2 Å². The number of amides is 2. The van der Waals surface area contributed by atoms with Gasteiger partial charge in [0.1, 0.15) is 12.4 Å². The van der Waals surface area contributed by atoms with E-state index >= 15 is 0 Å². The summed E-state index contributed by atoms with van der Waals surface area (Å²) in [5.41, 5.74) is 4.90. The Balaban J connectivity index is 1.44. The molecule has 154 valence electrons. The molecule has 0 unspecified atom stereocenters. The highest BCUT2D eigenvalue weighted by Crippen LogP contribution is 2.32. The molecule has 0 atom stereocenters. The lowest BCUT2D eigenvalue weighted by Gasteiger charge is -2.15. The Morgan fingerprint density at radius 1 is 1.00 bits per heavy atom. The van der Waals surface area contributed by atoms with Crippen LogP contribution in [0.2, 0.25) is 0 Å². The van der Waals surface area contributed by atoms with Crippen molar-refractivity contribution in [2.24, 2.45) is 0 Å². The van der Waals surface area contributed by atoms with Gasteiger partial charge in [0.05, 0.1) is 4.91 Å². The molecule has 3 aromatic rings. The Kier molecular flexibility index (Phi) is 6.45. The second kappa shape index (κ2) is 9.59. The van der Waals surface area contributed by atoms with Crippen molar-refractivity contribution in [3.05, 3.63) is 107 Å². The van der Waals surface area contributed by atoms with Gasteiger partial charge >= 0.3 is 0 Å². The molecule has 2 amide bonds. The maximum Gasteiger partial charge on any atom is 0.285 e. The van der Waals surface area contributed by atoms with E-state index in [4.69, 9.17) is 17.0 Å². The van der Waals surface area contributed by atoms with Gasteiger partial charge in [-0.2, -0.15) is 5.01 Å². The highest BCUT2D eigenvalue weighted by Gasteiger charge is 2.33. The first-order chi connectivity index (χ1) is 15.1. The zero-order valence-electron chi connectivity index (χ0n) is 16.4. The first-order valence-corrected chi connectivity index (χ1v) is 10.7. The first kappa shape index (κ1) is 20.8. The largest absolute Gasteiger partial charge is 0.489 e. The Hall–Kier alpha value is -3.42. The molecule has 0 saturated carbocycles. The van der Waals surface area contributed by atoms with Crippen LogP contribution in [0.15, 0.2) is 89.8 Å². The summed E-state index contributed by atoms with van der Waals surface area (Å²) in [6.45, 7) is 0.456. The lowest BCUT2D eigenvalue weighted by atomic mass is 10.2. The molecule has 1 fully saturated rings. The van der Waals surface area contributed by atoms with E-state index < -0.39 is 5.91 Å². The molecule has 1 saturated heterocycles. The summed E-state index contributed by atoms with van der Waals surface area (Å²) in [6.07, 6.45) is 1.74. The van der Waals surface area contributed by atoms with Crippen molar-refractivity contribution in [1.29, 1.82) is 0 Å². The van der Waals surface area contributed by atoms with E-state index in [0.717, 1.165) is 27.9 Å². The summed E-state index contributed by atoms with van der Waals surface area (Å²) >= 11 is 6.43. The van der Waals surface area contributed by atoms with Gasteiger partial charge in [-0.25, -0.2) is 0 Å². The van der Waals surface area contributed by atoms with E-state index in [1.165, 1.54) is 0 Å². The molecule has 1 N–H and O–H groups in total. The van der Waals surface area contributed by atoms with Gasteiger partial charge in [0, 0.05) is 5.56 Å². The van der Waals surface area contributed by atoms with Crippen LogP contribution in [0.5, 0.6) is 5.75 Å². The summed E-state index contributed by atoms with van der Waals surface area (Å²) in [6, 6.07) is 26.0. The number of carbonyl (C=O) groups is 2. The highest BCUT2D eigenvalue weighted by molar-refractivity contribution is 8.26. The summed E-state index contributed by atoms with van der Waals surface area (Å²) in [5.74, 6) is -0.0604. The summed E-state index contributed by atoms with van der Waals surface area (Å²) < 4.78 is 6.13. The fraction of sp³-hybridized carbons (Fsp3) is 0.0417. The van der Waals surface area contributed by atoms with Crippen molar-refractivity contribution in [1.82, 2.24) is 10.4 Å². The van der Waals surface area contributed by atoms with Crippen LogP contribution >= 0.6 is 24.0 Å². The van der Waals surface area contributed by atoms with Crippen molar-refractivity contribution >= 4 is 46.2 Å². The fourth-order valence-electron chi connectivity index (χ4n) is 2.91. The molecule has 1 aliphatic heterocycles. The van der Waals surface area contributed by atoms with Gasteiger partial charge in [0.15, 0.2) is 4.32 Å². The highest BCUT2D eigenvalue weighted by atomic mass is 32.2. The van der Waals surface area contributed by atoms with E-state index in [0.29, 0.717) is 22.8 Å². The first-order valence-electron chi connectivity index (χ1n) is 9.51. The molecule has 0 spiro atoms. The van der Waals surface area contributed by atoms with Gasteiger partial charge in [-0.3, -0.25) is 15.0 Å². The molecule has 0 aliphatic carbocycles. The normalized spacial score (nSPS) is 14.7. The van der Waals surface area contributed by atoms with E-state index in [1.54, 1.807) is 30.3 Å². The molecule has 1 heterocycles. The monoisotopic (exact) mass is 446 g/mol. The molecule has 4 rings (SSSR count). The number of carbonyl (C=O) groups excluding carboxylic acids is 2. The maximum absolute atomic E-state index is 12.8. The van der Waals surface area contributed by atoms with Crippen LogP contribution in [0.1, 0.15) is 21.5 Å². The van der Waals surface area contributed by atoms with Gasteiger partial charge in [-0.05, 0) is 53.7 Å². The second-order valence-corrected chi connectivity index (χ2v) is 8.35. The molecule has 0 bridgehead atoms. The van der Waals surface area contributed by atoms with Crippen LogP contribution in [0, 0.1) is 0 Å². The standard InChI is InChI=1S/C24H18N2O3S2/c27-22(19-11-5-2-6-12-19)25-26-23(28)21(31-24(26)30)15-18-10-7-13-20(14-18)29-16-17-8-3-1-4-9-17/h1-15H,16H2,(H,25,27)/b21-15+. The predicted molar refractivity (Wildman–Crippen MR) is 126 cm³/mol.